The molecule has 0 atom stereocenters. The first-order valence-electron chi connectivity index (χ1n) is 5.80. The maximum atomic E-state index is 13.4. The second-order valence-electron chi connectivity index (χ2n) is 3.91. The number of pyridine rings is 1. The van der Waals surface area contributed by atoms with Crippen LogP contribution in [0.25, 0.3) is 0 Å². The van der Waals surface area contributed by atoms with Gasteiger partial charge in [0.1, 0.15) is 11.6 Å². The molecule has 0 saturated carbocycles. The summed E-state index contributed by atoms with van der Waals surface area (Å²) in [5, 5.41) is 0. The summed E-state index contributed by atoms with van der Waals surface area (Å²) in [5.74, 6) is 0.206. The fourth-order valence-electron chi connectivity index (χ4n) is 1.62. The van der Waals surface area contributed by atoms with Gasteiger partial charge in [-0.15, -0.1) is 0 Å². The summed E-state index contributed by atoms with van der Waals surface area (Å²) in [7, 11) is 0. The Morgan fingerprint density at radius 1 is 1.17 bits per heavy atom. The quantitative estimate of drug-likeness (QED) is 0.880. The van der Waals surface area contributed by atoms with Crippen molar-refractivity contribution in [1.82, 2.24) is 4.98 Å². The Balaban J connectivity index is 1.89. The van der Waals surface area contributed by atoms with Gasteiger partial charge in [0.05, 0.1) is 6.61 Å². The van der Waals surface area contributed by atoms with E-state index in [0.29, 0.717) is 17.9 Å². The first-order valence-corrected chi connectivity index (χ1v) is 5.80. The number of hydrogen-bond acceptors (Lipinski definition) is 3. The molecule has 1 aromatic heterocycles. The van der Waals surface area contributed by atoms with Gasteiger partial charge in [0, 0.05) is 37.0 Å². The molecule has 0 fully saturated rings. The van der Waals surface area contributed by atoms with Gasteiger partial charge in [-0.2, -0.15) is 0 Å². The van der Waals surface area contributed by atoms with E-state index in [9.17, 15) is 4.39 Å². The van der Waals surface area contributed by atoms with Gasteiger partial charge < -0.3 is 10.5 Å². The zero-order chi connectivity index (χ0) is 12.8. The molecule has 0 bridgehead atoms. The van der Waals surface area contributed by atoms with Crippen molar-refractivity contribution in [3.05, 3.63) is 59.7 Å². The molecule has 3 nitrogen and oxygen atoms in total. The van der Waals surface area contributed by atoms with Crippen molar-refractivity contribution in [1.29, 1.82) is 0 Å². The van der Waals surface area contributed by atoms with Crippen molar-refractivity contribution < 1.29 is 9.13 Å². The van der Waals surface area contributed by atoms with E-state index in [1.165, 1.54) is 6.07 Å². The lowest BCUT2D eigenvalue weighted by molar-refractivity contribution is 0.320. The first kappa shape index (κ1) is 12.5. The Morgan fingerprint density at radius 3 is 2.61 bits per heavy atom. The van der Waals surface area contributed by atoms with Crippen molar-refractivity contribution in [3.63, 3.8) is 0 Å². The first-order chi connectivity index (χ1) is 8.79. The van der Waals surface area contributed by atoms with Crippen LogP contribution in [0.3, 0.4) is 0 Å². The molecule has 4 heteroatoms. The number of benzene rings is 1. The van der Waals surface area contributed by atoms with E-state index in [-0.39, 0.29) is 12.4 Å². The Hall–Kier alpha value is -1.94. The van der Waals surface area contributed by atoms with Crippen LogP contribution in [0, 0.1) is 5.82 Å². The van der Waals surface area contributed by atoms with Crippen molar-refractivity contribution >= 4 is 0 Å². The maximum Gasteiger partial charge on any atom is 0.131 e. The SMILES string of the molecule is NCc1ccc(OCCc2ccncc2)cc1F. The Kier molecular flexibility index (Phi) is 4.25. The predicted molar refractivity (Wildman–Crippen MR) is 67.7 cm³/mol. The van der Waals surface area contributed by atoms with Gasteiger partial charge in [-0.05, 0) is 23.8 Å². The number of rotatable bonds is 5. The topological polar surface area (TPSA) is 48.1 Å². The molecule has 94 valence electrons. The molecular formula is C14H15FN2O. The van der Waals surface area contributed by atoms with Crippen LogP contribution >= 0.6 is 0 Å². The van der Waals surface area contributed by atoms with Crippen molar-refractivity contribution in [2.24, 2.45) is 5.73 Å². The lowest BCUT2D eigenvalue weighted by atomic mass is 10.2. The summed E-state index contributed by atoms with van der Waals surface area (Å²) < 4.78 is 18.9. The molecule has 0 aliphatic rings. The van der Waals surface area contributed by atoms with E-state index in [0.717, 1.165) is 12.0 Å². The van der Waals surface area contributed by atoms with Crippen LogP contribution in [0.5, 0.6) is 5.75 Å². The zero-order valence-corrected chi connectivity index (χ0v) is 9.97. The van der Waals surface area contributed by atoms with E-state index < -0.39 is 0 Å². The van der Waals surface area contributed by atoms with E-state index in [1.807, 2.05) is 12.1 Å². The number of halogens is 1. The van der Waals surface area contributed by atoms with Gasteiger partial charge in [-0.3, -0.25) is 4.98 Å². The molecular weight excluding hydrogens is 231 g/mol. The molecule has 0 radical (unpaired) electrons. The number of nitrogens with zero attached hydrogens (tertiary/aromatic N) is 1. The second kappa shape index (κ2) is 6.12. The molecule has 1 heterocycles. The Bertz CT molecular complexity index is 502. The van der Waals surface area contributed by atoms with Gasteiger partial charge in [0.15, 0.2) is 0 Å². The number of nitrogens with two attached hydrogens (primary N) is 1. The summed E-state index contributed by atoms with van der Waals surface area (Å²) in [6.07, 6.45) is 4.25. The molecule has 0 spiro atoms. The minimum Gasteiger partial charge on any atom is -0.493 e. The molecule has 0 saturated heterocycles. The molecule has 0 unspecified atom stereocenters. The third-order valence-corrected chi connectivity index (χ3v) is 2.65. The smallest absolute Gasteiger partial charge is 0.131 e. The minimum absolute atomic E-state index is 0.198. The van der Waals surface area contributed by atoms with Crippen LogP contribution in [0.2, 0.25) is 0 Å². The number of aromatic nitrogens is 1. The van der Waals surface area contributed by atoms with Gasteiger partial charge in [0.2, 0.25) is 0 Å². The third-order valence-electron chi connectivity index (χ3n) is 2.65. The molecule has 0 aliphatic heterocycles. The van der Waals surface area contributed by atoms with Gasteiger partial charge in [0.25, 0.3) is 0 Å². The van der Waals surface area contributed by atoms with Gasteiger partial charge >= 0.3 is 0 Å². The lowest BCUT2D eigenvalue weighted by Gasteiger charge is -2.07. The zero-order valence-electron chi connectivity index (χ0n) is 9.97. The average Bonchev–Trinajstić information content (AvgIpc) is 2.40. The summed E-state index contributed by atoms with van der Waals surface area (Å²) >= 11 is 0. The van der Waals surface area contributed by atoms with E-state index in [2.05, 4.69) is 4.98 Å². The normalized spacial score (nSPS) is 10.3. The Labute approximate surface area is 105 Å². The summed E-state index contributed by atoms with van der Waals surface area (Å²) in [6.45, 7) is 0.703. The third kappa shape index (κ3) is 3.28. The summed E-state index contributed by atoms with van der Waals surface area (Å²) in [5.41, 5.74) is 7.03. The standard InChI is InChI=1S/C14H15FN2O/c15-14-9-13(2-1-12(14)10-16)18-8-5-11-3-6-17-7-4-11/h1-4,6-7,9H,5,8,10,16H2. The van der Waals surface area contributed by atoms with E-state index in [1.54, 1.807) is 24.5 Å². The minimum atomic E-state index is -0.320. The molecule has 2 aromatic rings. The van der Waals surface area contributed by atoms with Gasteiger partial charge in [-0.1, -0.05) is 6.07 Å². The summed E-state index contributed by atoms with van der Waals surface area (Å²) in [6, 6.07) is 8.62. The van der Waals surface area contributed by atoms with Crippen molar-refractivity contribution in [2.45, 2.75) is 13.0 Å². The molecule has 2 N–H and O–H groups in total. The highest BCUT2D eigenvalue weighted by molar-refractivity contribution is 5.28. The number of hydrogen-bond donors (Lipinski definition) is 1. The van der Waals surface area contributed by atoms with Crippen LogP contribution in [0.15, 0.2) is 42.7 Å². The fraction of sp³-hybridized carbons (Fsp3) is 0.214. The second-order valence-corrected chi connectivity index (χ2v) is 3.91. The van der Waals surface area contributed by atoms with Crippen LogP contribution < -0.4 is 10.5 Å². The van der Waals surface area contributed by atoms with Crippen LogP contribution in [0.4, 0.5) is 4.39 Å². The molecule has 1 aromatic carbocycles. The summed E-state index contributed by atoms with van der Waals surface area (Å²) in [4.78, 5) is 3.94. The average molecular weight is 246 g/mol. The van der Waals surface area contributed by atoms with Crippen LogP contribution in [-0.4, -0.2) is 11.6 Å². The highest BCUT2D eigenvalue weighted by atomic mass is 19.1. The van der Waals surface area contributed by atoms with Crippen molar-refractivity contribution in [2.75, 3.05) is 6.61 Å². The predicted octanol–water partition coefficient (Wildman–Crippen LogP) is 2.30. The lowest BCUT2D eigenvalue weighted by Crippen LogP contribution is -2.03. The Morgan fingerprint density at radius 2 is 1.94 bits per heavy atom. The van der Waals surface area contributed by atoms with Crippen LogP contribution in [-0.2, 0) is 13.0 Å². The van der Waals surface area contributed by atoms with Gasteiger partial charge in [-0.25, -0.2) is 4.39 Å². The highest BCUT2D eigenvalue weighted by Crippen LogP contribution is 2.16. The monoisotopic (exact) mass is 246 g/mol. The molecule has 0 amide bonds. The highest BCUT2D eigenvalue weighted by Gasteiger charge is 2.02. The molecule has 2 rings (SSSR count). The van der Waals surface area contributed by atoms with E-state index >= 15 is 0 Å². The van der Waals surface area contributed by atoms with Crippen molar-refractivity contribution in [3.8, 4) is 5.75 Å². The van der Waals surface area contributed by atoms with E-state index in [4.69, 9.17) is 10.5 Å². The molecule has 0 aliphatic carbocycles. The maximum absolute atomic E-state index is 13.4. The van der Waals surface area contributed by atoms with Crippen LogP contribution in [0.1, 0.15) is 11.1 Å². The number of ether oxygens (including phenoxy) is 1. The fourth-order valence-corrected chi connectivity index (χ4v) is 1.62. The molecule has 18 heavy (non-hydrogen) atoms. The largest absolute Gasteiger partial charge is 0.493 e.